The van der Waals surface area contributed by atoms with Crippen molar-refractivity contribution in [1.82, 2.24) is 4.90 Å². The molecule has 1 heterocycles. The van der Waals surface area contributed by atoms with E-state index in [0.29, 0.717) is 44.6 Å². The highest BCUT2D eigenvalue weighted by Crippen LogP contribution is 2.35. The molecule has 2 aromatic carbocycles. The van der Waals surface area contributed by atoms with Crippen LogP contribution in [0.4, 0.5) is 5.69 Å². The van der Waals surface area contributed by atoms with Gasteiger partial charge < -0.3 is 24.7 Å². The lowest BCUT2D eigenvalue weighted by molar-refractivity contribution is -0.142. The summed E-state index contributed by atoms with van der Waals surface area (Å²) in [5.41, 5.74) is 2.05. The first-order valence-electron chi connectivity index (χ1n) is 14.0. The molecule has 3 aliphatic rings. The van der Waals surface area contributed by atoms with Crippen LogP contribution in [0.5, 0.6) is 11.5 Å². The number of hydrogen-bond acceptors (Lipinski definition) is 5. The van der Waals surface area contributed by atoms with Crippen LogP contribution in [0.3, 0.4) is 0 Å². The van der Waals surface area contributed by atoms with Gasteiger partial charge in [-0.3, -0.25) is 9.59 Å². The summed E-state index contributed by atoms with van der Waals surface area (Å²) in [5.74, 6) is 0.208. The van der Waals surface area contributed by atoms with Crippen molar-refractivity contribution in [3.8, 4) is 11.5 Å². The Morgan fingerprint density at radius 3 is 2.26 bits per heavy atom. The molecule has 38 heavy (non-hydrogen) atoms. The molecule has 2 N–H and O–H groups in total. The van der Waals surface area contributed by atoms with Crippen LogP contribution in [0.25, 0.3) is 0 Å². The monoisotopic (exact) mass is 522 g/mol. The Balaban J connectivity index is 0.000000494. The van der Waals surface area contributed by atoms with E-state index in [2.05, 4.69) is 24.0 Å². The SMILES string of the molecule is CC1CCCC1.COc1ccc(N2CCN(C(=O)C3CC[C@@H](C(=O)O)C3)[C@@H](Cc3ccccc3)C2)cc1O. The summed E-state index contributed by atoms with van der Waals surface area (Å²) >= 11 is 0. The van der Waals surface area contributed by atoms with Gasteiger partial charge in [0.1, 0.15) is 0 Å². The highest BCUT2D eigenvalue weighted by Gasteiger charge is 2.39. The Hall–Kier alpha value is -3.22. The number of nitrogens with zero attached hydrogens (tertiary/aromatic N) is 2. The van der Waals surface area contributed by atoms with E-state index in [9.17, 15) is 19.8 Å². The Bertz CT molecular complexity index is 1070. The van der Waals surface area contributed by atoms with Crippen LogP contribution in [-0.4, -0.2) is 59.8 Å². The second kappa shape index (κ2) is 13.0. The molecule has 0 radical (unpaired) electrons. The molecule has 1 unspecified atom stereocenters. The number of carboxylic acid groups (broad SMARTS) is 1. The number of carbonyl (C=O) groups is 2. The maximum atomic E-state index is 13.4. The molecule has 7 heteroatoms. The van der Waals surface area contributed by atoms with Crippen molar-refractivity contribution in [2.75, 3.05) is 31.6 Å². The molecule has 2 aromatic rings. The first kappa shape index (κ1) is 27.8. The molecule has 0 bridgehead atoms. The Morgan fingerprint density at radius 2 is 1.68 bits per heavy atom. The maximum absolute atomic E-state index is 13.4. The number of piperazine rings is 1. The zero-order valence-electron chi connectivity index (χ0n) is 22.7. The minimum atomic E-state index is -0.801. The molecule has 0 aromatic heterocycles. The van der Waals surface area contributed by atoms with Crippen molar-refractivity contribution >= 4 is 17.6 Å². The fourth-order valence-electron chi connectivity index (χ4n) is 6.11. The van der Waals surface area contributed by atoms with Gasteiger partial charge in [-0.15, -0.1) is 0 Å². The van der Waals surface area contributed by atoms with Crippen LogP contribution in [0.15, 0.2) is 48.5 Å². The number of hydrogen-bond donors (Lipinski definition) is 2. The lowest BCUT2D eigenvalue weighted by Crippen LogP contribution is -2.57. The number of carboxylic acids is 1. The zero-order valence-corrected chi connectivity index (χ0v) is 22.7. The van der Waals surface area contributed by atoms with Crippen LogP contribution in [-0.2, 0) is 16.0 Å². The van der Waals surface area contributed by atoms with Crippen molar-refractivity contribution in [1.29, 1.82) is 0 Å². The first-order chi connectivity index (χ1) is 18.4. The number of benzene rings is 2. The normalized spacial score (nSPS) is 23.6. The average Bonchev–Trinajstić information content (AvgIpc) is 3.61. The molecular formula is C31H42N2O5. The Kier molecular flexibility index (Phi) is 9.53. The van der Waals surface area contributed by atoms with E-state index in [0.717, 1.165) is 23.6 Å². The molecule has 1 saturated heterocycles. The van der Waals surface area contributed by atoms with E-state index in [-0.39, 0.29) is 23.6 Å². The summed E-state index contributed by atoms with van der Waals surface area (Å²) in [4.78, 5) is 28.9. The molecule has 5 rings (SSSR count). The zero-order chi connectivity index (χ0) is 27.1. The van der Waals surface area contributed by atoms with E-state index in [1.165, 1.54) is 32.8 Å². The largest absolute Gasteiger partial charge is 0.504 e. The molecule has 0 spiro atoms. The molecular weight excluding hydrogens is 480 g/mol. The molecule has 3 atom stereocenters. The summed E-state index contributed by atoms with van der Waals surface area (Å²) in [5, 5.41) is 19.5. The maximum Gasteiger partial charge on any atom is 0.306 e. The number of aliphatic carboxylic acids is 1. The van der Waals surface area contributed by atoms with Crippen LogP contribution in [0.1, 0.15) is 57.4 Å². The van der Waals surface area contributed by atoms with Gasteiger partial charge in [0.25, 0.3) is 0 Å². The van der Waals surface area contributed by atoms with Crippen LogP contribution in [0.2, 0.25) is 0 Å². The third kappa shape index (κ3) is 7.00. The van der Waals surface area contributed by atoms with Gasteiger partial charge in [0.15, 0.2) is 11.5 Å². The Morgan fingerprint density at radius 1 is 0.974 bits per heavy atom. The number of carbonyl (C=O) groups excluding carboxylic acids is 1. The summed E-state index contributed by atoms with van der Waals surface area (Å²) in [6, 6.07) is 15.4. The summed E-state index contributed by atoms with van der Waals surface area (Å²) in [6.45, 7) is 4.20. The number of methoxy groups -OCH3 is 1. The topological polar surface area (TPSA) is 90.3 Å². The van der Waals surface area contributed by atoms with Crippen LogP contribution < -0.4 is 9.64 Å². The summed E-state index contributed by atoms with van der Waals surface area (Å²) < 4.78 is 5.16. The Labute approximate surface area is 226 Å². The van der Waals surface area contributed by atoms with E-state index in [4.69, 9.17) is 4.74 Å². The van der Waals surface area contributed by atoms with Gasteiger partial charge >= 0.3 is 5.97 Å². The number of aromatic hydroxyl groups is 1. The number of phenols is 1. The molecule has 2 aliphatic carbocycles. The molecule has 206 valence electrons. The quantitative estimate of drug-likeness (QED) is 0.531. The fraction of sp³-hybridized carbons (Fsp3) is 0.548. The average molecular weight is 523 g/mol. The number of amides is 1. The number of rotatable bonds is 6. The minimum absolute atomic E-state index is 0.0354. The second-order valence-electron chi connectivity index (χ2n) is 11.1. The lowest BCUT2D eigenvalue weighted by Gasteiger charge is -2.43. The van der Waals surface area contributed by atoms with Crippen LogP contribution >= 0.6 is 0 Å². The number of anilines is 1. The van der Waals surface area contributed by atoms with Crippen LogP contribution in [0, 0.1) is 17.8 Å². The van der Waals surface area contributed by atoms with E-state index >= 15 is 0 Å². The van der Waals surface area contributed by atoms with Gasteiger partial charge in [-0.2, -0.15) is 0 Å². The predicted molar refractivity (Wildman–Crippen MR) is 149 cm³/mol. The second-order valence-corrected chi connectivity index (χ2v) is 11.1. The third-order valence-corrected chi connectivity index (χ3v) is 8.38. The standard InChI is InChI=1S/C25H30N2O5.C6H12/c1-32-23-10-9-20(15-22(23)28)26-11-12-27(21(16-26)13-17-5-3-2-4-6-17)24(29)18-7-8-19(14-18)25(30)31;1-6-4-2-3-5-6/h2-6,9-10,15,18-19,21,28H,7-8,11-14,16H2,1H3,(H,30,31);6H,2-5H2,1H3/t18?,19-,21+;/m1./s1. The van der Waals surface area contributed by atoms with Crippen molar-refractivity contribution < 1.29 is 24.5 Å². The van der Waals surface area contributed by atoms with Crippen molar-refractivity contribution in [3.63, 3.8) is 0 Å². The van der Waals surface area contributed by atoms with Gasteiger partial charge in [-0.05, 0) is 49.3 Å². The lowest BCUT2D eigenvalue weighted by atomic mass is 9.97. The van der Waals surface area contributed by atoms with Crippen molar-refractivity contribution in [2.45, 2.75) is 64.3 Å². The first-order valence-corrected chi connectivity index (χ1v) is 14.0. The van der Waals surface area contributed by atoms with Gasteiger partial charge in [-0.1, -0.05) is 62.9 Å². The molecule has 7 nitrogen and oxygen atoms in total. The molecule has 1 amide bonds. The van der Waals surface area contributed by atoms with Gasteiger partial charge in [0, 0.05) is 37.3 Å². The van der Waals surface area contributed by atoms with Gasteiger partial charge in [-0.25, -0.2) is 0 Å². The highest BCUT2D eigenvalue weighted by molar-refractivity contribution is 5.81. The fourth-order valence-corrected chi connectivity index (χ4v) is 6.11. The van der Waals surface area contributed by atoms with E-state index in [1.54, 1.807) is 12.1 Å². The van der Waals surface area contributed by atoms with Gasteiger partial charge in [0.2, 0.25) is 5.91 Å². The molecule has 2 saturated carbocycles. The minimum Gasteiger partial charge on any atom is -0.504 e. The summed E-state index contributed by atoms with van der Waals surface area (Å²) in [7, 11) is 1.52. The third-order valence-electron chi connectivity index (χ3n) is 8.38. The van der Waals surface area contributed by atoms with E-state index < -0.39 is 11.9 Å². The molecule has 3 fully saturated rings. The van der Waals surface area contributed by atoms with Crippen molar-refractivity contribution in [3.05, 3.63) is 54.1 Å². The number of ether oxygens (including phenoxy) is 1. The number of phenolic OH excluding ortho intramolecular Hbond substituents is 1. The predicted octanol–water partition coefficient (Wildman–Crippen LogP) is 5.36. The smallest absolute Gasteiger partial charge is 0.306 e. The van der Waals surface area contributed by atoms with Crippen molar-refractivity contribution in [2.24, 2.45) is 17.8 Å². The van der Waals surface area contributed by atoms with Gasteiger partial charge in [0.05, 0.1) is 19.1 Å². The van der Waals surface area contributed by atoms with E-state index in [1.807, 2.05) is 29.2 Å². The summed E-state index contributed by atoms with van der Waals surface area (Å²) in [6.07, 6.45) is 8.31. The molecule has 1 aliphatic heterocycles. The highest BCUT2D eigenvalue weighted by atomic mass is 16.5.